The Morgan fingerprint density at radius 2 is 2.06 bits per heavy atom. The molecule has 0 saturated carbocycles. The highest BCUT2D eigenvalue weighted by molar-refractivity contribution is 5.27. The molecule has 0 aliphatic rings. The number of likely N-dealkylation sites (N-methyl/N-ethyl adjacent to an activating group) is 1. The Morgan fingerprint density at radius 3 is 2.62 bits per heavy atom. The van der Waals surface area contributed by atoms with Gasteiger partial charge in [0, 0.05) is 6.04 Å². The fourth-order valence-corrected chi connectivity index (χ4v) is 2.07. The molecule has 0 bridgehead atoms. The van der Waals surface area contributed by atoms with E-state index in [1.807, 2.05) is 13.0 Å². The molecule has 1 aromatic carbocycles. The number of benzene rings is 1. The summed E-state index contributed by atoms with van der Waals surface area (Å²) in [5.74, 6) is -0.142. The lowest BCUT2D eigenvalue weighted by atomic mass is 9.98. The van der Waals surface area contributed by atoms with E-state index in [2.05, 4.69) is 19.2 Å². The second kappa shape index (κ2) is 6.64. The van der Waals surface area contributed by atoms with Crippen LogP contribution in [0.5, 0.6) is 0 Å². The van der Waals surface area contributed by atoms with Crippen molar-refractivity contribution in [3.05, 3.63) is 35.1 Å². The normalized spacial score (nSPS) is 12.8. The Hall–Kier alpha value is -0.890. The number of halogens is 1. The van der Waals surface area contributed by atoms with E-state index in [9.17, 15) is 4.39 Å². The highest BCUT2D eigenvalue weighted by Gasteiger charge is 2.09. The molecule has 2 heteroatoms. The van der Waals surface area contributed by atoms with Gasteiger partial charge >= 0.3 is 0 Å². The van der Waals surface area contributed by atoms with E-state index in [0.717, 1.165) is 18.5 Å². The summed E-state index contributed by atoms with van der Waals surface area (Å²) in [6, 6.07) is 5.59. The van der Waals surface area contributed by atoms with Gasteiger partial charge in [-0.3, -0.25) is 0 Å². The van der Waals surface area contributed by atoms with Crippen molar-refractivity contribution in [2.24, 2.45) is 0 Å². The minimum Gasteiger partial charge on any atom is -0.314 e. The van der Waals surface area contributed by atoms with Gasteiger partial charge in [-0.2, -0.15) is 0 Å². The largest absolute Gasteiger partial charge is 0.314 e. The molecule has 1 N–H and O–H groups in total. The van der Waals surface area contributed by atoms with Crippen molar-refractivity contribution in [3.8, 4) is 0 Å². The molecule has 1 atom stereocenters. The SMILES string of the molecule is CCCC(Cc1ccc(F)cc1C)NCC. The second-order valence-corrected chi connectivity index (χ2v) is 4.32. The van der Waals surface area contributed by atoms with Crippen LogP contribution in [0.2, 0.25) is 0 Å². The predicted octanol–water partition coefficient (Wildman–Crippen LogP) is 3.45. The molecule has 1 unspecified atom stereocenters. The minimum atomic E-state index is -0.142. The fraction of sp³-hybridized carbons (Fsp3) is 0.571. The summed E-state index contributed by atoms with van der Waals surface area (Å²) in [4.78, 5) is 0. The molecule has 90 valence electrons. The lowest BCUT2D eigenvalue weighted by molar-refractivity contribution is 0.484. The Morgan fingerprint density at radius 1 is 1.31 bits per heavy atom. The molecule has 1 nitrogen and oxygen atoms in total. The van der Waals surface area contributed by atoms with Crippen molar-refractivity contribution >= 4 is 0 Å². The third-order valence-corrected chi connectivity index (χ3v) is 2.90. The van der Waals surface area contributed by atoms with E-state index >= 15 is 0 Å². The molecule has 0 radical (unpaired) electrons. The lowest BCUT2D eigenvalue weighted by Crippen LogP contribution is -2.31. The van der Waals surface area contributed by atoms with Crippen LogP contribution in [-0.4, -0.2) is 12.6 Å². The van der Waals surface area contributed by atoms with Gasteiger partial charge in [-0.05, 0) is 49.6 Å². The Kier molecular flexibility index (Phi) is 5.47. The molecule has 0 heterocycles. The molecule has 0 aliphatic carbocycles. The summed E-state index contributed by atoms with van der Waals surface area (Å²) in [6.07, 6.45) is 3.34. The van der Waals surface area contributed by atoms with Crippen LogP contribution in [-0.2, 0) is 6.42 Å². The third kappa shape index (κ3) is 3.93. The number of rotatable bonds is 6. The van der Waals surface area contributed by atoms with Crippen molar-refractivity contribution in [1.29, 1.82) is 0 Å². The fourth-order valence-electron chi connectivity index (χ4n) is 2.07. The zero-order valence-corrected chi connectivity index (χ0v) is 10.5. The van der Waals surface area contributed by atoms with Crippen LogP contribution in [0.25, 0.3) is 0 Å². The maximum Gasteiger partial charge on any atom is 0.123 e. The lowest BCUT2D eigenvalue weighted by Gasteiger charge is -2.18. The molecule has 16 heavy (non-hydrogen) atoms. The van der Waals surface area contributed by atoms with Crippen LogP contribution >= 0.6 is 0 Å². The van der Waals surface area contributed by atoms with Gasteiger partial charge in [0.25, 0.3) is 0 Å². The van der Waals surface area contributed by atoms with Crippen molar-refractivity contribution in [2.75, 3.05) is 6.54 Å². The Bertz CT molecular complexity index is 317. The molecule has 1 aromatic rings. The second-order valence-electron chi connectivity index (χ2n) is 4.32. The van der Waals surface area contributed by atoms with Crippen molar-refractivity contribution in [1.82, 2.24) is 5.32 Å². The summed E-state index contributed by atoms with van der Waals surface area (Å²) < 4.78 is 13.0. The van der Waals surface area contributed by atoms with Crippen LogP contribution in [0.1, 0.15) is 37.8 Å². The van der Waals surface area contributed by atoms with Gasteiger partial charge in [0.15, 0.2) is 0 Å². The highest BCUT2D eigenvalue weighted by Crippen LogP contribution is 2.14. The predicted molar refractivity (Wildman–Crippen MR) is 67.2 cm³/mol. The van der Waals surface area contributed by atoms with E-state index in [1.165, 1.54) is 18.4 Å². The van der Waals surface area contributed by atoms with Crippen LogP contribution in [0.15, 0.2) is 18.2 Å². The molecular weight excluding hydrogens is 201 g/mol. The first kappa shape index (κ1) is 13.2. The first-order valence-corrected chi connectivity index (χ1v) is 6.15. The number of hydrogen-bond donors (Lipinski definition) is 1. The Balaban J connectivity index is 2.68. The van der Waals surface area contributed by atoms with Gasteiger partial charge in [-0.25, -0.2) is 4.39 Å². The first-order valence-electron chi connectivity index (χ1n) is 6.15. The van der Waals surface area contributed by atoms with E-state index in [4.69, 9.17) is 0 Å². The van der Waals surface area contributed by atoms with Crippen LogP contribution in [0, 0.1) is 12.7 Å². The van der Waals surface area contributed by atoms with E-state index in [-0.39, 0.29) is 5.82 Å². The summed E-state index contributed by atoms with van der Waals surface area (Å²) in [6.45, 7) is 7.29. The van der Waals surface area contributed by atoms with Crippen molar-refractivity contribution < 1.29 is 4.39 Å². The average Bonchev–Trinajstić information content (AvgIpc) is 2.23. The molecule has 0 aliphatic heterocycles. The highest BCUT2D eigenvalue weighted by atomic mass is 19.1. The van der Waals surface area contributed by atoms with Gasteiger partial charge < -0.3 is 5.32 Å². The monoisotopic (exact) mass is 223 g/mol. The number of hydrogen-bond acceptors (Lipinski definition) is 1. The standard InChI is InChI=1S/C14H22FN/c1-4-6-14(16-5-2)10-12-7-8-13(15)9-11(12)3/h7-9,14,16H,4-6,10H2,1-3H3. The molecule has 0 fully saturated rings. The average molecular weight is 223 g/mol. The summed E-state index contributed by atoms with van der Waals surface area (Å²) >= 11 is 0. The van der Waals surface area contributed by atoms with E-state index in [1.54, 1.807) is 12.1 Å². The molecule has 0 saturated heterocycles. The maximum atomic E-state index is 13.0. The molecular formula is C14H22FN. The first-order chi connectivity index (χ1) is 7.67. The van der Waals surface area contributed by atoms with Gasteiger partial charge in [-0.15, -0.1) is 0 Å². The van der Waals surface area contributed by atoms with Gasteiger partial charge in [0.1, 0.15) is 5.82 Å². The van der Waals surface area contributed by atoms with E-state index < -0.39 is 0 Å². The zero-order chi connectivity index (χ0) is 12.0. The van der Waals surface area contributed by atoms with E-state index in [0.29, 0.717) is 6.04 Å². The van der Waals surface area contributed by atoms with Gasteiger partial charge in [0.05, 0.1) is 0 Å². The van der Waals surface area contributed by atoms with Crippen molar-refractivity contribution in [2.45, 2.75) is 46.1 Å². The molecule has 0 amide bonds. The molecule has 0 aromatic heterocycles. The maximum absolute atomic E-state index is 13.0. The van der Waals surface area contributed by atoms with Gasteiger partial charge in [-0.1, -0.05) is 26.3 Å². The zero-order valence-electron chi connectivity index (χ0n) is 10.5. The van der Waals surface area contributed by atoms with Crippen LogP contribution in [0.3, 0.4) is 0 Å². The number of aryl methyl sites for hydroxylation is 1. The molecule has 0 spiro atoms. The number of nitrogens with one attached hydrogen (secondary N) is 1. The summed E-state index contributed by atoms with van der Waals surface area (Å²) in [5.41, 5.74) is 2.31. The smallest absolute Gasteiger partial charge is 0.123 e. The minimum absolute atomic E-state index is 0.142. The third-order valence-electron chi connectivity index (χ3n) is 2.90. The Labute approximate surface area is 98.1 Å². The topological polar surface area (TPSA) is 12.0 Å². The van der Waals surface area contributed by atoms with Crippen LogP contribution < -0.4 is 5.32 Å². The summed E-state index contributed by atoms with van der Waals surface area (Å²) in [5, 5.41) is 3.48. The van der Waals surface area contributed by atoms with Crippen LogP contribution in [0.4, 0.5) is 4.39 Å². The van der Waals surface area contributed by atoms with Gasteiger partial charge in [0.2, 0.25) is 0 Å². The van der Waals surface area contributed by atoms with Crippen molar-refractivity contribution in [3.63, 3.8) is 0 Å². The quantitative estimate of drug-likeness (QED) is 0.779. The molecule has 1 rings (SSSR count). The summed E-state index contributed by atoms with van der Waals surface area (Å²) in [7, 11) is 0.